The third-order valence-electron chi connectivity index (χ3n) is 2.26. The molecule has 98 valence electrons. The van der Waals surface area contributed by atoms with Crippen LogP contribution < -0.4 is 10.5 Å². The molecule has 0 radical (unpaired) electrons. The maximum Gasteiger partial charge on any atom is 0.119 e. The highest BCUT2D eigenvalue weighted by atomic mass is 35.5. The molecule has 0 bridgehead atoms. The van der Waals surface area contributed by atoms with E-state index >= 15 is 0 Å². The molecule has 17 heavy (non-hydrogen) atoms. The molecule has 0 saturated carbocycles. The van der Waals surface area contributed by atoms with Gasteiger partial charge >= 0.3 is 0 Å². The van der Waals surface area contributed by atoms with Gasteiger partial charge in [-0.3, -0.25) is 0 Å². The molecule has 0 spiro atoms. The predicted molar refractivity (Wildman–Crippen MR) is 74.8 cm³/mol. The molecule has 0 aliphatic heterocycles. The van der Waals surface area contributed by atoms with E-state index in [9.17, 15) is 0 Å². The van der Waals surface area contributed by atoms with Crippen LogP contribution >= 0.6 is 12.4 Å². The number of ether oxygens (including phenoxy) is 1. The Kier molecular flexibility index (Phi) is 6.53. The summed E-state index contributed by atoms with van der Waals surface area (Å²) in [5, 5.41) is 0. The number of benzene rings is 1. The molecule has 3 nitrogen and oxygen atoms in total. The summed E-state index contributed by atoms with van der Waals surface area (Å²) in [6.07, 6.45) is 0. The Bertz CT molecular complexity index is 336. The fourth-order valence-corrected chi connectivity index (χ4v) is 1.83. The standard InChI is InChI=1S/C13H22N2O.ClH/c1-13(2,14)10-15(3)9-11-6-5-7-12(8-11)16-4;/h5-8H,9-10,14H2,1-4H3;1H. The lowest BCUT2D eigenvalue weighted by molar-refractivity contribution is 0.263. The van der Waals surface area contributed by atoms with E-state index < -0.39 is 0 Å². The molecule has 4 heteroatoms. The van der Waals surface area contributed by atoms with Crippen LogP contribution in [0, 0.1) is 0 Å². The topological polar surface area (TPSA) is 38.5 Å². The third kappa shape index (κ3) is 6.51. The Morgan fingerprint density at radius 3 is 2.53 bits per heavy atom. The van der Waals surface area contributed by atoms with Crippen molar-refractivity contribution in [2.75, 3.05) is 20.7 Å². The van der Waals surface area contributed by atoms with Gasteiger partial charge in [-0.15, -0.1) is 12.4 Å². The Morgan fingerprint density at radius 1 is 1.35 bits per heavy atom. The molecule has 1 rings (SSSR count). The number of hydrogen-bond acceptors (Lipinski definition) is 3. The zero-order chi connectivity index (χ0) is 12.2. The average molecular weight is 259 g/mol. The largest absolute Gasteiger partial charge is 0.497 e. The number of likely N-dealkylation sites (N-methyl/N-ethyl adjacent to an activating group) is 1. The number of halogens is 1. The Morgan fingerprint density at radius 2 is 2.00 bits per heavy atom. The first kappa shape index (κ1) is 16.2. The third-order valence-corrected chi connectivity index (χ3v) is 2.26. The van der Waals surface area contributed by atoms with Gasteiger partial charge in [0.2, 0.25) is 0 Å². The minimum atomic E-state index is -0.159. The first-order valence-corrected chi connectivity index (χ1v) is 5.51. The van der Waals surface area contributed by atoms with Gasteiger partial charge in [0, 0.05) is 18.6 Å². The maximum atomic E-state index is 5.98. The molecule has 0 aliphatic carbocycles. The smallest absolute Gasteiger partial charge is 0.119 e. The normalized spacial score (nSPS) is 11.2. The zero-order valence-electron chi connectivity index (χ0n) is 11.1. The van der Waals surface area contributed by atoms with Crippen LogP contribution in [0.4, 0.5) is 0 Å². The second-order valence-corrected chi connectivity index (χ2v) is 5.01. The summed E-state index contributed by atoms with van der Waals surface area (Å²) in [4.78, 5) is 2.22. The molecule has 0 aliphatic rings. The van der Waals surface area contributed by atoms with Crippen molar-refractivity contribution >= 4 is 12.4 Å². The van der Waals surface area contributed by atoms with Crippen molar-refractivity contribution in [1.82, 2.24) is 4.90 Å². The van der Waals surface area contributed by atoms with E-state index in [1.54, 1.807) is 7.11 Å². The predicted octanol–water partition coefficient (Wildman–Crippen LogP) is 2.29. The molecular formula is C13H23ClN2O. The fourth-order valence-electron chi connectivity index (χ4n) is 1.83. The Labute approximate surface area is 110 Å². The van der Waals surface area contributed by atoms with Crippen LogP contribution in [0.5, 0.6) is 5.75 Å². The first-order valence-electron chi connectivity index (χ1n) is 5.51. The van der Waals surface area contributed by atoms with Crippen molar-refractivity contribution in [3.8, 4) is 5.75 Å². The van der Waals surface area contributed by atoms with Crippen molar-refractivity contribution in [3.63, 3.8) is 0 Å². The minimum absolute atomic E-state index is 0. The lowest BCUT2D eigenvalue weighted by Gasteiger charge is -2.26. The van der Waals surface area contributed by atoms with E-state index in [-0.39, 0.29) is 17.9 Å². The van der Waals surface area contributed by atoms with Gasteiger partial charge in [-0.2, -0.15) is 0 Å². The fraction of sp³-hybridized carbons (Fsp3) is 0.538. The molecule has 0 unspecified atom stereocenters. The number of nitrogens with two attached hydrogens (primary N) is 1. The highest BCUT2D eigenvalue weighted by Crippen LogP contribution is 2.14. The molecule has 1 aromatic carbocycles. The maximum absolute atomic E-state index is 5.98. The number of methoxy groups -OCH3 is 1. The minimum Gasteiger partial charge on any atom is -0.497 e. The summed E-state index contributed by atoms with van der Waals surface area (Å²) in [5.74, 6) is 0.901. The van der Waals surface area contributed by atoms with Gasteiger partial charge in [-0.1, -0.05) is 12.1 Å². The number of rotatable bonds is 5. The van der Waals surface area contributed by atoms with Crippen LogP contribution in [0.2, 0.25) is 0 Å². The summed E-state index contributed by atoms with van der Waals surface area (Å²) in [6.45, 7) is 5.83. The Balaban J connectivity index is 0.00000256. The Hall–Kier alpha value is -0.770. The van der Waals surface area contributed by atoms with Gasteiger partial charge in [0.1, 0.15) is 5.75 Å². The quantitative estimate of drug-likeness (QED) is 0.881. The molecule has 0 amide bonds. The molecular weight excluding hydrogens is 236 g/mol. The van der Waals surface area contributed by atoms with Crippen molar-refractivity contribution in [1.29, 1.82) is 0 Å². The molecule has 2 N–H and O–H groups in total. The van der Waals surface area contributed by atoms with Crippen molar-refractivity contribution < 1.29 is 4.74 Å². The van der Waals surface area contributed by atoms with Crippen LogP contribution in [0.1, 0.15) is 19.4 Å². The van der Waals surface area contributed by atoms with E-state index in [2.05, 4.69) is 24.1 Å². The van der Waals surface area contributed by atoms with E-state index in [1.165, 1.54) is 5.56 Å². The van der Waals surface area contributed by atoms with E-state index in [4.69, 9.17) is 10.5 Å². The molecule has 0 atom stereocenters. The van der Waals surface area contributed by atoms with Gasteiger partial charge in [0.05, 0.1) is 7.11 Å². The van der Waals surface area contributed by atoms with Crippen LogP contribution in [0.25, 0.3) is 0 Å². The van der Waals surface area contributed by atoms with Gasteiger partial charge in [0.15, 0.2) is 0 Å². The van der Waals surface area contributed by atoms with Gasteiger partial charge in [-0.25, -0.2) is 0 Å². The molecule has 0 fully saturated rings. The van der Waals surface area contributed by atoms with Crippen molar-refractivity contribution in [2.45, 2.75) is 25.9 Å². The van der Waals surface area contributed by atoms with Crippen LogP contribution in [-0.2, 0) is 6.54 Å². The van der Waals surface area contributed by atoms with E-state index in [0.717, 1.165) is 18.8 Å². The lowest BCUT2D eigenvalue weighted by atomic mass is 10.1. The molecule has 0 saturated heterocycles. The second-order valence-electron chi connectivity index (χ2n) is 5.01. The SMILES string of the molecule is COc1cccc(CN(C)CC(C)(C)N)c1.Cl. The van der Waals surface area contributed by atoms with Crippen molar-refractivity contribution in [2.24, 2.45) is 5.73 Å². The second kappa shape index (κ2) is 6.84. The summed E-state index contributed by atoms with van der Waals surface area (Å²) < 4.78 is 5.19. The molecule has 1 aromatic rings. The van der Waals surface area contributed by atoms with Crippen LogP contribution in [-0.4, -0.2) is 31.1 Å². The highest BCUT2D eigenvalue weighted by molar-refractivity contribution is 5.85. The summed E-state index contributed by atoms with van der Waals surface area (Å²) in [6, 6.07) is 8.12. The summed E-state index contributed by atoms with van der Waals surface area (Å²) in [5.41, 5.74) is 7.06. The highest BCUT2D eigenvalue weighted by Gasteiger charge is 2.13. The summed E-state index contributed by atoms with van der Waals surface area (Å²) >= 11 is 0. The van der Waals surface area contributed by atoms with Gasteiger partial charge < -0.3 is 15.4 Å². The van der Waals surface area contributed by atoms with Gasteiger partial charge in [0.25, 0.3) is 0 Å². The van der Waals surface area contributed by atoms with E-state index in [0.29, 0.717) is 0 Å². The van der Waals surface area contributed by atoms with Gasteiger partial charge in [-0.05, 0) is 38.6 Å². The molecule has 0 aromatic heterocycles. The zero-order valence-corrected chi connectivity index (χ0v) is 11.9. The monoisotopic (exact) mass is 258 g/mol. The van der Waals surface area contributed by atoms with Crippen LogP contribution in [0.3, 0.4) is 0 Å². The summed E-state index contributed by atoms with van der Waals surface area (Å²) in [7, 11) is 3.76. The average Bonchev–Trinajstić information content (AvgIpc) is 2.15. The van der Waals surface area contributed by atoms with E-state index in [1.807, 2.05) is 26.0 Å². The first-order chi connectivity index (χ1) is 7.40. The molecule has 0 heterocycles. The van der Waals surface area contributed by atoms with Crippen LogP contribution in [0.15, 0.2) is 24.3 Å². The lowest BCUT2D eigenvalue weighted by Crippen LogP contribution is -2.43. The number of hydrogen-bond donors (Lipinski definition) is 1. The number of nitrogens with zero attached hydrogens (tertiary/aromatic N) is 1. The van der Waals surface area contributed by atoms with Crippen molar-refractivity contribution in [3.05, 3.63) is 29.8 Å².